The maximum atomic E-state index is 12.7. The number of benzene rings is 3. The zero-order valence-corrected chi connectivity index (χ0v) is 20.8. The van der Waals surface area contributed by atoms with Gasteiger partial charge in [0.1, 0.15) is 11.5 Å². The van der Waals surface area contributed by atoms with Gasteiger partial charge in [-0.1, -0.05) is 29.8 Å². The Bertz CT molecular complexity index is 1260. The number of carbonyl (C=O) groups excluding carboxylic acids is 1. The van der Waals surface area contributed by atoms with E-state index in [2.05, 4.69) is 9.62 Å². The van der Waals surface area contributed by atoms with E-state index in [1.807, 2.05) is 24.3 Å². The number of amides is 1. The van der Waals surface area contributed by atoms with Gasteiger partial charge >= 0.3 is 0 Å². The quantitative estimate of drug-likeness (QED) is 0.490. The fourth-order valence-corrected chi connectivity index (χ4v) is 5.11. The molecule has 0 saturated carbocycles. The molecule has 1 aliphatic rings. The van der Waals surface area contributed by atoms with Gasteiger partial charge in [0.2, 0.25) is 0 Å². The average Bonchev–Trinajstić information content (AvgIpc) is 2.88. The normalized spacial score (nSPS) is 13.9. The van der Waals surface area contributed by atoms with Gasteiger partial charge in [0.25, 0.3) is 15.9 Å². The molecule has 0 aromatic heterocycles. The molecule has 0 aliphatic carbocycles. The first-order valence-corrected chi connectivity index (χ1v) is 12.9. The minimum Gasteiger partial charge on any atom is -0.497 e. The number of hydrogen-bond donors (Lipinski definition) is 1. The minimum atomic E-state index is -3.81. The summed E-state index contributed by atoms with van der Waals surface area (Å²) in [6, 6.07) is 20.6. The lowest BCUT2D eigenvalue weighted by molar-refractivity contribution is -0.133. The molecule has 8 nitrogen and oxygen atoms in total. The van der Waals surface area contributed by atoms with E-state index in [4.69, 9.17) is 21.1 Å². The van der Waals surface area contributed by atoms with E-state index >= 15 is 0 Å². The number of nitrogens with zero attached hydrogens (tertiary/aromatic N) is 2. The van der Waals surface area contributed by atoms with E-state index in [1.165, 1.54) is 18.2 Å². The van der Waals surface area contributed by atoms with Gasteiger partial charge in [0, 0.05) is 37.6 Å². The van der Waals surface area contributed by atoms with Crippen molar-refractivity contribution in [3.8, 4) is 11.5 Å². The molecule has 0 radical (unpaired) electrons. The van der Waals surface area contributed by atoms with Gasteiger partial charge in [-0.15, -0.1) is 0 Å². The van der Waals surface area contributed by atoms with E-state index in [9.17, 15) is 13.2 Å². The first-order valence-electron chi connectivity index (χ1n) is 11.0. The predicted molar refractivity (Wildman–Crippen MR) is 136 cm³/mol. The number of methoxy groups -OCH3 is 1. The molecule has 10 heteroatoms. The Morgan fingerprint density at radius 1 is 0.971 bits per heavy atom. The Labute approximate surface area is 210 Å². The summed E-state index contributed by atoms with van der Waals surface area (Å²) in [5, 5.41) is 0.109. The number of sulfonamides is 1. The molecule has 0 spiro atoms. The summed E-state index contributed by atoms with van der Waals surface area (Å²) in [5.74, 6) is 0.893. The monoisotopic (exact) mass is 515 g/mol. The zero-order valence-electron chi connectivity index (χ0n) is 19.2. The number of hydrogen-bond acceptors (Lipinski definition) is 6. The fourth-order valence-electron chi connectivity index (χ4n) is 3.72. The molecule has 3 aromatic rings. The van der Waals surface area contributed by atoms with Crippen LogP contribution in [0.4, 0.5) is 11.4 Å². The summed E-state index contributed by atoms with van der Waals surface area (Å²) in [5.41, 5.74) is 1.53. The first kappa shape index (κ1) is 24.7. The van der Waals surface area contributed by atoms with Crippen LogP contribution in [-0.4, -0.2) is 59.1 Å². The van der Waals surface area contributed by atoms with E-state index < -0.39 is 10.0 Å². The van der Waals surface area contributed by atoms with Crippen LogP contribution in [0.25, 0.3) is 0 Å². The van der Waals surface area contributed by atoms with Crippen LogP contribution >= 0.6 is 11.6 Å². The van der Waals surface area contributed by atoms with Crippen molar-refractivity contribution in [1.82, 2.24) is 4.90 Å². The van der Waals surface area contributed by atoms with Crippen molar-refractivity contribution in [2.45, 2.75) is 4.90 Å². The van der Waals surface area contributed by atoms with Gasteiger partial charge in [-0.05, 0) is 54.6 Å². The topological polar surface area (TPSA) is 88.2 Å². The highest BCUT2D eigenvalue weighted by atomic mass is 35.5. The van der Waals surface area contributed by atoms with Crippen LogP contribution in [-0.2, 0) is 14.8 Å². The molecule has 184 valence electrons. The molecule has 3 aromatic carbocycles. The van der Waals surface area contributed by atoms with Gasteiger partial charge in [-0.25, -0.2) is 8.42 Å². The fraction of sp³-hybridized carbons (Fsp3) is 0.240. The van der Waals surface area contributed by atoms with Crippen molar-refractivity contribution < 1.29 is 22.7 Å². The summed E-state index contributed by atoms with van der Waals surface area (Å²) in [6.45, 7) is 2.38. The van der Waals surface area contributed by atoms with Crippen molar-refractivity contribution in [3.05, 3.63) is 77.8 Å². The Morgan fingerprint density at radius 2 is 1.66 bits per heavy atom. The lowest BCUT2D eigenvalue weighted by Crippen LogP contribution is -2.50. The highest BCUT2D eigenvalue weighted by Crippen LogP contribution is 2.28. The molecule has 35 heavy (non-hydrogen) atoms. The second-order valence-corrected chi connectivity index (χ2v) is 10.0. The summed E-state index contributed by atoms with van der Waals surface area (Å²) in [7, 11) is -2.18. The number of ether oxygens (including phenoxy) is 2. The smallest absolute Gasteiger partial charge is 0.261 e. The van der Waals surface area contributed by atoms with Gasteiger partial charge < -0.3 is 19.3 Å². The van der Waals surface area contributed by atoms with E-state index in [1.54, 1.807) is 42.3 Å². The maximum Gasteiger partial charge on any atom is 0.261 e. The van der Waals surface area contributed by atoms with Crippen molar-refractivity contribution in [2.24, 2.45) is 0 Å². The predicted octanol–water partition coefficient (Wildman–Crippen LogP) is 3.88. The number of rotatable bonds is 8. The second-order valence-electron chi connectivity index (χ2n) is 7.92. The lowest BCUT2D eigenvalue weighted by Gasteiger charge is -2.36. The highest BCUT2D eigenvalue weighted by Gasteiger charge is 2.22. The average molecular weight is 516 g/mol. The third-order valence-corrected chi connectivity index (χ3v) is 7.34. The van der Waals surface area contributed by atoms with Gasteiger partial charge in [-0.2, -0.15) is 0 Å². The second kappa shape index (κ2) is 10.9. The molecule has 0 unspecified atom stereocenters. The third kappa shape index (κ3) is 6.17. The van der Waals surface area contributed by atoms with Gasteiger partial charge in [0.05, 0.1) is 17.0 Å². The summed E-state index contributed by atoms with van der Waals surface area (Å²) >= 11 is 6.26. The summed E-state index contributed by atoms with van der Waals surface area (Å²) < 4.78 is 38.5. The standard InChI is InChI=1S/C25H26ClN3O5S/c1-33-21-9-7-20(8-10-21)28-13-15-29(16-14-28)25(30)18-34-24-12-11-22(17-23(24)26)35(31,32)27-19-5-3-2-4-6-19/h2-12,17,27H,13-16,18H2,1H3. The van der Waals surface area contributed by atoms with Crippen LogP contribution in [0.3, 0.4) is 0 Å². The summed E-state index contributed by atoms with van der Waals surface area (Å²) in [4.78, 5) is 16.6. The summed E-state index contributed by atoms with van der Waals surface area (Å²) in [6.07, 6.45) is 0. The Morgan fingerprint density at radius 3 is 2.29 bits per heavy atom. The molecule has 0 bridgehead atoms. The molecule has 1 amide bonds. The van der Waals surface area contributed by atoms with Crippen LogP contribution in [0, 0.1) is 0 Å². The van der Waals surface area contributed by atoms with Crippen molar-refractivity contribution >= 4 is 38.9 Å². The molecular weight excluding hydrogens is 490 g/mol. The molecule has 4 rings (SSSR count). The number of carbonyl (C=O) groups is 1. The van der Waals surface area contributed by atoms with Crippen LogP contribution in [0.2, 0.25) is 5.02 Å². The third-order valence-electron chi connectivity index (χ3n) is 5.66. The Kier molecular flexibility index (Phi) is 7.67. The molecule has 1 saturated heterocycles. The number of halogens is 1. The number of anilines is 2. The van der Waals surface area contributed by atoms with Crippen LogP contribution in [0.15, 0.2) is 77.7 Å². The molecular formula is C25H26ClN3O5S. The van der Waals surface area contributed by atoms with E-state index in [-0.39, 0.29) is 28.2 Å². The number of piperazine rings is 1. The Hall–Kier alpha value is -3.43. The number of para-hydroxylation sites is 1. The van der Waals surface area contributed by atoms with Crippen LogP contribution in [0.1, 0.15) is 0 Å². The Balaban J connectivity index is 1.30. The highest BCUT2D eigenvalue weighted by molar-refractivity contribution is 7.92. The van der Waals surface area contributed by atoms with Crippen molar-refractivity contribution in [2.75, 3.05) is 49.5 Å². The van der Waals surface area contributed by atoms with Crippen LogP contribution < -0.4 is 19.1 Å². The molecule has 1 heterocycles. The van der Waals surface area contributed by atoms with Gasteiger partial charge in [0.15, 0.2) is 6.61 Å². The molecule has 0 atom stereocenters. The first-order chi connectivity index (χ1) is 16.9. The zero-order chi connectivity index (χ0) is 24.8. The molecule has 1 fully saturated rings. The van der Waals surface area contributed by atoms with Crippen molar-refractivity contribution in [1.29, 1.82) is 0 Å². The lowest BCUT2D eigenvalue weighted by atomic mass is 10.2. The van der Waals surface area contributed by atoms with Crippen LogP contribution in [0.5, 0.6) is 11.5 Å². The molecule has 1 N–H and O–H groups in total. The molecule has 1 aliphatic heterocycles. The van der Waals surface area contributed by atoms with E-state index in [0.717, 1.165) is 11.4 Å². The number of nitrogens with one attached hydrogen (secondary N) is 1. The van der Waals surface area contributed by atoms with Gasteiger partial charge in [-0.3, -0.25) is 9.52 Å². The largest absolute Gasteiger partial charge is 0.497 e. The van der Waals surface area contributed by atoms with Crippen molar-refractivity contribution in [3.63, 3.8) is 0 Å². The maximum absolute atomic E-state index is 12.7. The van der Waals surface area contributed by atoms with E-state index in [0.29, 0.717) is 31.9 Å². The minimum absolute atomic E-state index is 0.000293. The SMILES string of the molecule is COc1ccc(N2CCN(C(=O)COc3ccc(S(=O)(=O)Nc4ccccc4)cc3Cl)CC2)cc1.